The zero-order valence-electron chi connectivity index (χ0n) is 8.41. The Morgan fingerprint density at radius 2 is 2.00 bits per heavy atom. The number of aliphatic imine (C=N–C) groups is 1. The maximum absolute atomic E-state index is 9.27. The molecule has 0 saturated carbocycles. The van der Waals surface area contributed by atoms with E-state index in [0.717, 1.165) is 5.69 Å². The summed E-state index contributed by atoms with van der Waals surface area (Å²) in [6, 6.07) is 8.13. The molecule has 0 aliphatic heterocycles. The van der Waals surface area contributed by atoms with Gasteiger partial charge in [-0.15, -0.1) is 0 Å². The molecule has 2 rings (SSSR count). The van der Waals surface area contributed by atoms with E-state index in [0.29, 0.717) is 5.56 Å². The van der Waals surface area contributed by atoms with E-state index < -0.39 is 0 Å². The third kappa shape index (κ3) is 2.36. The van der Waals surface area contributed by atoms with Gasteiger partial charge in [-0.25, -0.2) is 0 Å². The lowest BCUT2D eigenvalue weighted by Gasteiger charge is -1.98. The van der Waals surface area contributed by atoms with Crippen molar-refractivity contribution in [1.82, 2.24) is 4.98 Å². The van der Waals surface area contributed by atoms with Crippen LogP contribution in [0.1, 0.15) is 5.56 Å². The standard InChI is InChI=1S/C12H10N2O2/c15-11-4-3-9(6-12(11)16)7-14-10-2-1-5-13-8-10/h1-8,15-16H. The van der Waals surface area contributed by atoms with Crippen molar-refractivity contribution in [3.05, 3.63) is 48.3 Å². The predicted molar refractivity (Wildman–Crippen MR) is 61.3 cm³/mol. The Morgan fingerprint density at radius 3 is 2.69 bits per heavy atom. The minimum absolute atomic E-state index is 0.140. The fourth-order valence-corrected chi connectivity index (χ4v) is 1.20. The molecular formula is C12H10N2O2. The van der Waals surface area contributed by atoms with Crippen molar-refractivity contribution >= 4 is 11.9 Å². The van der Waals surface area contributed by atoms with Gasteiger partial charge in [0.05, 0.1) is 11.9 Å². The molecule has 1 aromatic heterocycles. The molecule has 0 saturated heterocycles. The molecule has 2 aromatic rings. The number of hydrogen-bond donors (Lipinski definition) is 2. The van der Waals surface area contributed by atoms with Crippen LogP contribution >= 0.6 is 0 Å². The van der Waals surface area contributed by atoms with Crippen LogP contribution in [0.3, 0.4) is 0 Å². The SMILES string of the molecule is Oc1ccc(C=Nc2cccnc2)cc1O. The Morgan fingerprint density at radius 1 is 1.12 bits per heavy atom. The van der Waals surface area contributed by atoms with E-state index in [-0.39, 0.29) is 11.5 Å². The molecule has 0 bridgehead atoms. The molecule has 0 amide bonds. The van der Waals surface area contributed by atoms with Gasteiger partial charge < -0.3 is 10.2 Å². The van der Waals surface area contributed by atoms with E-state index in [4.69, 9.17) is 5.11 Å². The summed E-state index contributed by atoms with van der Waals surface area (Å²) in [5, 5.41) is 18.4. The summed E-state index contributed by atoms with van der Waals surface area (Å²) in [5.74, 6) is -0.298. The van der Waals surface area contributed by atoms with Crippen LogP contribution in [0.2, 0.25) is 0 Å². The van der Waals surface area contributed by atoms with Crippen LogP contribution in [0.5, 0.6) is 11.5 Å². The Balaban J connectivity index is 2.21. The zero-order valence-corrected chi connectivity index (χ0v) is 8.41. The van der Waals surface area contributed by atoms with Crippen molar-refractivity contribution in [3.8, 4) is 11.5 Å². The molecule has 4 heteroatoms. The third-order valence-corrected chi connectivity index (χ3v) is 2.01. The second-order valence-corrected chi connectivity index (χ2v) is 3.22. The topological polar surface area (TPSA) is 65.7 Å². The fraction of sp³-hybridized carbons (Fsp3) is 0. The molecule has 1 heterocycles. The summed E-state index contributed by atoms with van der Waals surface area (Å²) in [6.07, 6.45) is 4.90. The van der Waals surface area contributed by atoms with Crippen molar-refractivity contribution < 1.29 is 10.2 Å². The van der Waals surface area contributed by atoms with Crippen LogP contribution in [0.4, 0.5) is 5.69 Å². The van der Waals surface area contributed by atoms with Crippen molar-refractivity contribution in [2.75, 3.05) is 0 Å². The van der Waals surface area contributed by atoms with Crippen LogP contribution in [-0.2, 0) is 0 Å². The third-order valence-electron chi connectivity index (χ3n) is 2.01. The molecule has 0 aliphatic rings. The second kappa shape index (κ2) is 4.44. The Kier molecular flexibility index (Phi) is 2.82. The highest BCUT2D eigenvalue weighted by Crippen LogP contribution is 2.24. The molecular weight excluding hydrogens is 204 g/mol. The zero-order chi connectivity index (χ0) is 11.4. The Bertz CT molecular complexity index is 510. The molecule has 0 radical (unpaired) electrons. The van der Waals surface area contributed by atoms with Gasteiger partial charge >= 0.3 is 0 Å². The van der Waals surface area contributed by atoms with Gasteiger partial charge in [-0.3, -0.25) is 9.98 Å². The highest BCUT2D eigenvalue weighted by molar-refractivity contribution is 5.82. The van der Waals surface area contributed by atoms with E-state index in [2.05, 4.69) is 9.98 Å². The molecule has 0 unspecified atom stereocenters. The number of nitrogens with zero attached hydrogens (tertiary/aromatic N) is 2. The van der Waals surface area contributed by atoms with Crippen LogP contribution in [0.25, 0.3) is 0 Å². The number of pyridine rings is 1. The summed E-state index contributed by atoms with van der Waals surface area (Å²) in [5.41, 5.74) is 1.44. The first-order chi connectivity index (χ1) is 7.75. The number of hydrogen-bond acceptors (Lipinski definition) is 4. The monoisotopic (exact) mass is 214 g/mol. The number of rotatable bonds is 2. The summed E-state index contributed by atoms with van der Waals surface area (Å²) in [6.45, 7) is 0. The number of aromatic nitrogens is 1. The molecule has 1 aromatic carbocycles. The summed E-state index contributed by atoms with van der Waals surface area (Å²) in [4.78, 5) is 8.09. The number of benzene rings is 1. The molecule has 16 heavy (non-hydrogen) atoms. The van der Waals surface area contributed by atoms with Crippen LogP contribution in [0.15, 0.2) is 47.7 Å². The summed E-state index contributed by atoms with van der Waals surface area (Å²) < 4.78 is 0. The van der Waals surface area contributed by atoms with E-state index >= 15 is 0 Å². The normalized spacial score (nSPS) is 10.8. The molecule has 0 atom stereocenters. The highest BCUT2D eigenvalue weighted by Gasteiger charge is 1.98. The Hall–Kier alpha value is -2.36. The van der Waals surface area contributed by atoms with Gasteiger partial charge in [0.15, 0.2) is 11.5 Å². The van der Waals surface area contributed by atoms with E-state index in [9.17, 15) is 5.11 Å². The van der Waals surface area contributed by atoms with Crippen LogP contribution < -0.4 is 0 Å². The van der Waals surface area contributed by atoms with Gasteiger partial charge in [-0.1, -0.05) is 0 Å². The van der Waals surface area contributed by atoms with Gasteiger partial charge in [-0.05, 0) is 35.9 Å². The lowest BCUT2D eigenvalue weighted by Crippen LogP contribution is -1.80. The number of aromatic hydroxyl groups is 2. The fourth-order valence-electron chi connectivity index (χ4n) is 1.20. The number of phenols is 2. The largest absolute Gasteiger partial charge is 0.504 e. The average molecular weight is 214 g/mol. The first-order valence-electron chi connectivity index (χ1n) is 4.72. The van der Waals surface area contributed by atoms with Crippen molar-refractivity contribution in [3.63, 3.8) is 0 Å². The van der Waals surface area contributed by atoms with E-state index in [1.165, 1.54) is 12.1 Å². The molecule has 2 N–H and O–H groups in total. The lowest BCUT2D eigenvalue weighted by atomic mass is 10.2. The molecule has 4 nitrogen and oxygen atoms in total. The first kappa shape index (κ1) is 10.2. The second-order valence-electron chi connectivity index (χ2n) is 3.22. The summed E-state index contributed by atoms with van der Waals surface area (Å²) >= 11 is 0. The maximum atomic E-state index is 9.27. The highest BCUT2D eigenvalue weighted by atomic mass is 16.3. The minimum atomic E-state index is -0.157. The quantitative estimate of drug-likeness (QED) is 0.595. The first-order valence-corrected chi connectivity index (χ1v) is 4.72. The molecule has 80 valence electrons. The Labute approximate surface area is 92.6 Å². The van der Waals surface area contributed by atoms with Crippen molar-refractivity contribution in [2.24, 2.45) is 4.99 Å². The lowest BCUT2D eigenvalue weighted by molar-refractivity contribution is 0.403. The summed E-state index contributed by atoms with van der Waals surface area (Å²) in [7, 11) is 0. The van der Waals surface area contributed by atoms with Gasteiger partial charge in [-0.2, -0.15) is 0 Å². The average Bonchev–Trinajstić information content (AvgIpc) is 2.32. The van der Waals surface area contributed by atoms with E-state index in [1.54, 1.807) is 30.7 Å². The van der Waals surface area contributed by atoms with Crippen LogP contribution in [0, 0.1) is 0 Å². The van der Waals surface area contributed by atoms with Crippen molar-refractivity contribution in [1.29, 1.82) is 0 Å². The van der Waals surface area contributed by atoms with Crippen LogP contribution in [-0.4, -0.2) is 21.4 Å². The molecule has 0 fully saturated rings. The smallest absolute Gasteiger partial charge is 0.158 e. The molecule has 0 spiro atoms. The predicted octanol–water partition coefficient (Wildman–Crippen LogP) is 2.24. The van der Waals surface area contributed by atoms with E-state index in [1.807, 2.05) is 6.07 Å². The van der Waals surface area contributed by atoms with Gasteiger partial charge in [0.2, 0.25) is 0 Å². The van der Waals surface area contributed by atoms with Crippen molar-refractivity contribution in [2.45, 2.75) is 0 Å². The number of phenolic OH excluding ortho intramolecular Hbond substituents is 2. The minimum Gasteiger partial charge on any atom is -0.504 e. The van der Waals surface area contributed by atoms with Gasteiger partial charge in [0.25, 0.3) is 0 Å². The maximum Gasteiger partial charge on any atom is 0.158 e. The van der Waals surface area contributed by atoms with Gasteiger partial charge in [0, 0.05) is 12.4 Å². The molecule has 0 aliphatic carbocycles. The van der Waals surface area contributed by atoms with Gasteiger partial charge in [0.1, 0.15) is 0 Å².